The predicted molar refractivity (Wildman–Crippen MR) is 28.3 cm³/mol. The van der Waals surface area contributed by atoms with Crippen molar-refractivity contribution in [2.24, 2.45) is 0 Å². The topological polar surface area (TPSA) is 135 Å². The third kappa shape index (κ3) is 5.59. The molecule has 0 amide bonds. The smallest absolute Gasteiger partial charge is 0.756 e. The van der Waals surface area contributed by atoms with Crippen LogP contribution in [0.5, 0.6) is 0 Å². The Kier molecular flexibility index (Phi) is 6.18. The zero-order valence-corrected chi connectivity index (χ0v) is 9.96. The van der Waals surface area contributed by atoms with Crippen LogP contribution in [-0.2, 0) is 20.6 Å². The van der Waals surface area contributed by atoms with E-state index in [0.29, 0.717) is 0 Å². The van der Waals surface area contributed by atoms with E-state index in [9.17, 15) is 22.0 Å². The van der Waals surface area contributed by atoms with Gasteiger partial charge in [-0.3, -0.25) is 9.11 Å². The second-order valence-corrected chi connectivity index (χ2v) is 3.81. The molecule has 11 heteroatoms. The first-order valence-corrected chi connectivity index (χ1v) is 4.37. The Hall–Kier alpha value is 1.38. The molecule has 0 aliphatic rings. The number of rotatable bonds is 2. The van der Waals surface area contributed by atoms with Crippen LogP contribution >= 0.6 is 0 Å². The number of nitrogens with zero attached hydrogens (tertiary/aromatic N) is 1. The summed E-state index contributed by atoms with van der Waals surface area (Å²) in [5.41, 5.74) is 0. The van der Waals surface area contributed by atoms with Gasteiger partial charge in [0.1, 0.15) is 0 Å². The molecular weight excluding hydrogens is 229 g/mol. The van der Waals surface area contributed by atoms with Gasteiger partial charge in [-0.2, -0.15) is 16.8 Å². The first-order valence-electron chi connectivity index (χ1n) is 1.58. The monoisotopic (exact) mass is 231 g/mol. The molecule has 0 bridgehead atoms. The second-order valence-electron chi connectivity index (χ2n) is 1.12. The largest absolute Gasteiger partial charge is 1.00 e. The van der Waals surface area contributed by atoms with E-state index in [-0.39, 0.29) is 51.4 Å². The van der Waals surface area contributed by atoms with E-state index in [4.69, 9.17) is 9.11 Å². The molecule has 8 nitrogen and oxygen atoms in total. The Balaban J connectivity index is 0. The summed E-state index contributed by atoms with van der Waals surface area (Å²) in [7, 11) is -10.8. The van der Waals surface area contributed by atoms with Gasteiger partial charge in [0.2, 0.25) is 0 Å². The minimum absolute atomic E-state index is 0. The fourth-order valence-electron chi connectivity index (χ4n) is 0.119. The molecule has 0 aromatic heterocycles. The molecule has 0 fully saturated rings. The van der Waals surface area contributed by atoms with Crippen molar-refractivity contribution in [3.05, 3.63) is 5.21 Å². The zero-order chi connectivity index (χ0) is 8.58. The number of hydrogen-bond donors (Lipinski definition) is 2. The van der Waals surface area contributed by atoms with Crippen LogP contribution in [0.3, 0.4) is 0 Å². The zero-order valence-electron chi connectivity index (χ0n) is 5.20. The van der Waals surface area contributed by atoms with Crippen LogP contribution in [0.2, 0.25) is 0 Å². The van der Waals surface area contributed by atoms with Crippen molar-refractivity contribution >= 4 is 20.6 Å². The molecule has 0 aliphatic heterocycles. The maximum atomic E-state index is 9.73. The molecule has 0 unspecified atom stereocenters. The van der Waals surface area contributed by atoms with Gasteiger partial charge < -0.3 is 5.21 Å². The summed E-state index contributed by atoms with van der Waals surface area (Å²) in [6.07, 6.45) is 0. The Labute approximate surface area is 105 Å². The van der Waals surface area contributed by atoms with Crippen LogP contribution in [0.15, 0.2) is 0 Å². The quantitative estimate of drug-likeness (QED) is 0.277. The van der Waals surface area contributed by atoms with Gasteiger partial charge in [-0.25, -0.2) is 0 Å². The summed E-state index contributed by atoms with van der Waals surface area (Å²) in [6.45, 7) is 0. The average Bonchev–Trinajstić information content (AvgIpc) is 1.59. The number of hydrogen-bond acceptors (Lipinski definition) is 5. The molecule has 11 heavy (non-hydrogen) atoms. The van der Waals surface area contributed by atoms with Crippen molar-refractivity contribution in [1.82, 2.24) is 3.87 Å². The molecular formula is H2KNO7S2. The maximum absolute atomic E-state index is 9.73. The molecule has 0 rings (SSSR count). The molecule has 0 saturated carbocycles. The fraction of sp³-hybridized carbons (Fsp3) is 0. The van der Waals surface area contributed by atoms with Gasteiger partial charge in [0, 0.05) is 0 Å². The molecule has 62 valence electrons. The van der Waals surface area contributed by atoms with Crippen molar-refractivity contribution in [3.8, 4) is 0 Å². The normalized spacial score (nSPS) is 12.7. The minimum Gasteiger partial charge on any atom is -0.756 e. The van der Waals surface area contributed by atoms with E-state index < -0.39 is 24.5 Å². The van der Waals surface area contributed by atoms with Crippen LogP contribution in [0.25, 0.3) is 0 Å². The summed E-state index contributed by atoms with van der Waals surface area (Å²) in [6, 6.07) is 0. The van der Waals surface area contributed by atoms with Gasteiger partial charge in [0.15, 0.2) is 0 Å². The molecule has 0 atom stereocenters. The standard InChI is InChI=1S/K.H2NO7S2/c;2-1(9(3,4)5)10(6,7)8/h;(H,3,4,5)(H,6,7,8)/q+1;-1. The summed E-state index contributed by atoms with van der Waals surface area (Å²) in [5.74, 6) is 0. The first-order chi connectivity index (χ1) is 4.15. The summed E-state index contributed by atoms with van der Waals surface area (Å²) in [4.78, 5) is 0. The van der Waals surface area contributed by atoms with Crippen molar-refractivity contribution < 1.29 is 77.3 Å². The van der Waals surface area contributed by atoms with Crippen LogP contribution in [0.4, 0.5) is 0 Å². The Morgan fingerprint density at radius 1 is 1.00 bits per heavy atom. The van der Waals surface area contributed by atoms with Gasteiger partial charge in [-0.05, 0) is 0 Å². The van der Waals surface area contributed by atoms with E-state index in [1.165, 1.54) is 0 Å². The Bertz CT molecular complexity index is 265. The van der Waals surface area contributed by atoms with Crippen LogP contribution in [0, 0.1) is 5.21 Å². The van der Waals surface area contributed by atoms with Crippen molar-refractivity contribution in [2.75, 3.05) is 0 Å². The van der Waals surface area contributed by atoms with Crippen LogP contribution in [-0.4, -0.2) is 29.8 Å². The maximum Gasteiger partial charge on any atom is 1.00 e. The van der Waals surface area contributed by atoms with Crippen LogP contribution < -0.4 is 51.4 Å². The molecule has 0 aromatic rings. The molecule has 0 radical (unpaired) electrons. The molecule has 0 saturated heterocycles. The van der Waals surface area contributed by atoms with Crippen molar-refractivity contribution in [1.29, 1.82) is 0 Å². The van der Waals surface area contributed by atoms with E-state index in [1.807, 2.05) is 0 Å². The molecule has 0 aromatic carbocycles. The molecule has 0 heterocycles. The third-order valence-corrected chi connectivity index (χ3v) is 2.26. The SMILES string of the molecule is O=S(=O)(O)N([O-])S(=O)(=O)O.[K+]. The van der Waals surface area contributed by atoms with Gasteiger partial charge in [-0.1, -0.05) is 0 Å². The molecule has 0 aliphatic carbocycles. The van der Waals surface area contributed by atoms with Crippen molar-refractivity contribution in [3.63, 3.8) is 0 Å². The average molecular weight is 231 g/mol. The summed E-state index contributed by atoms with van der Waals surface area (Å²) < 4.78 is 51.9. The first kappa shape index (κ1) is 14.9. The Morgan fingerprint density at radius 3 is 1.18 bits per heavy atom. The van der Waals surface area contributed by atoms with E-state index in [0.717, 1.165) is 0 Å². The molecule has 2 N–H and O–H groups in total. The van der Waals surface area contributed by atoms with Gasteiger partial charge in [0.05, 0.1) is 0 Å². The van der Waals surface area contributed by atoms with E-state index in [1.54, 1.807) is 0 Å². The predicted octanol–water partition coefficient (Wildman–Crippen LogP) is -4.60. The Morgan fingerprint density at radius 2 is 1.18 bits per heavy atom. The van der Waals surface area contributed by atoms with Gasteiger partial charge in [0.25, 0.3) is 0 Å². The second kappa shape index (κ2) is 4.57. The fourth-order valence-corrected chi connectivity index (χ4v) is 1.07. The molecule has 0 spiro atoms. The summed E-state index contributed by atoms with van der Waals surface area (Å²) in [5, 5.41) is 9.73. The van der Waals surface area contributed by atoms with E-state index >= 15 is 0 Å². The third-order valence-electron chi connectivity index (χ3n) is 0.377. The van der Waals surface area contributed by atoms with Crippen LogP contribution in [0.1, 0.15) is 0 Å². The minimum atomic E-state index is -5.42. The van der Waals surface area contributed by atoms with Crippen molar-refractivity contribution in [2.45, 2.75) is 0 Å². The van der Waals surface area contributed by atoms with Gasteiger partial charge in [-0.15, -0.1) is 3.87 Å². The van der Waals surface area contributed by atoms with Gasteiger partial charge >= 0.3 is 72.0 Å². The van der Waals surface area contributed by atoms with E-state index in [2.05, 4.69) is 0 Å². The summed E-state index contributed by atoms with van der Waals surface area (Å²) >= 11 is 0.